The number of carbonyl (C=O) groups excluding carboxylic acids is 1. The lowest BCUT2D eigenvalue weighted by atomic mass is 9.85. The van der Waals surface area contributed by atoms with E-state index in [0.717, 1.165) is 18.5 Å². The number of likely N-dealkylation sites (tertiary alicyclic amines) is 1. The Labute approximate surface area is 149 Å². The lowest BCUT2D eigenvalue weighted by Gasteiger charge is -2.39. The second-order valence-electron chi connectivity index (χ2n) is 7.06. The minimum Gasteiger partial charge on any atom is -0.338 e. The summed E-state index contributed by atoms with van der Waals surface area (Å²) in [5, 5.41) is 7.94. The standard InChI is InChI=1S/C19H27N5O/c1-13-7-8-20-11-17(13)14(2)21-9-15-5-6-18(25)24(4)19(15)16-10-22-23(3)12-16/h7-8,10-12,14-15,19,21H,5-6,9H2,1-4H3/t14?,15-,19+/m1/s1. The number of rotatable bonds is 5. The van der Waals surface area contributed by atoms with Crippen molar-refractivity contribution in [3.63, 3.8) is 0 Å². The fourth-order valence-electron chi connectivity index (χ4n) is 3.78. The Balaban J connectivity index is 1.73. The van der Waals surface area contributed by atoms with Crippen LogP contribution in [0.15, 0.2) is 30.9 Å². The number of carbonyl (C=O) groups is 1. The first kappa shape index (κ1) is 17.6. The van der Waals surface area contributed by atoms with Crippen LogP contribution in [0.1, 0.15) is 48.5 Å². The molecule has 1 fully saturated rings. The fraction of sp³-hybridized carbons (Fsp3) is 0.526. The summed E-state index contributed by atoms with van der Waals surface area (Å²) in [4.78, 5) is 18.3. The van der Waals surface area contributed by atoms with Gasteiger partial charge in [-0.2, -0.15) is 5.10 Å². The first-order chi connectivity index (χ1) is 12.0. The summed E-state index contributed by atoms with van der Waals surface area (Å²) in [6.45, 7) is 5.13. The third-order valence-electron chi connectivity index (χ3n) is 5.28. The zero-order valence-corrected chi connectivity index (χ0v) is 15.4. The van der Waals surface area contributed by atoms with Crippen LogP contribution in [0, 0.1) is 12.8 Å². The van der Waals surface area contributed by atoms with Crippen molar-refractivity contribution in [3.8, 4) is 0 Å². The van der Waals surface area contributed by atoms with Gasteiger partial charge < -0.3 is 10.2 Å². The van der Waals surface area contributed by atoms with E-state index >= 15 is 0 Å². The van der Waals surface area contributed by atoms with E-state index in [0.29, 0.717) is 12.3 Å². The van der Waals surface area contributed by atoms with E-state index in [4.69, 9.17) is 0 Å². The number of hydrogen-bond acceptors (Lipinski definition) is 4. The number of nitrogens with one attached hydrogen (secondary N) is 1. The molecule has 1 amide bonds. The molecule has 3 heterocycles. The van der Waals surface area contributed by atoms with Gasteiger partial charge in [-0.15, -0.1) is 0 Å². The SMILES string of the molecule is Cc1ccncc1C(C)NC[C@H]1CCC(=O)N(C)[C@@H]1c1cnn(C)c1. The van der Waals surface area contributed by atoms with E-state index in [-0.39, 0.29) is 18.0 Å². The smallest absolute Gasteiger partial charge is 0.222 e. The zero-order valence-electron chi connectivity index (χ0n) is 15.4. The predicted octanol–water partition coefficient (Wildman–Crippen LogP) is 2.38. The van der Waals surface area contributed by atoms with Crippen LogP contribution in [0.2, 0.25) is 0 Å². The molecule has 0 radical (unpaired) electrons. The number of piperidine rings is 1. The van der Waals surface area contributed by atoms with Crippen LogP contribution in [0.25, 0.3) is 0 Å². The summed E-state index contributed by atoms with van der Waals surface area (Å²) in [5.41, 5.74) is 3.57. The molecule has 0 aliphatic carbocycles. The van der Waals surface area contributed by atoms with Gasteiger partial charge in [0.15, 0.2) is 0 Å². The molecular formula is C19H27N5O. The van der Waals surface area contributed by atoms with Crippen LogP contribution in [0.4, 0.5) is 0 Å². The maximum absolute atomic E-state index is 12.2. The van der Waals surface area contributed by atoms with Crippen molar-refractivity contribution in [2.24, 2.45) is 13.0 Å². The van der Waals surface area contributed by atoms with E-state index in [9.17, 15) is 4.79 Å². The average molecular weight is 341 g/mol. The molecule has 25 heavy (non-hydrogen) atoms. The highest BCUT2D eigenvalue weighted by molar-refractivity contribution is 5.77. The Kier molecular flexibility index (Phi) is 5.18. The van der Waals surface area contributed by atoms with E-state index in [1.54, 1.807) is 4.68 Å². The molecule has 134 valence electrons. The van der Waals surface area contributed by atoms with Gasteiger partial charge >= 0.3 is 0 Å². The van der Waals surface area contributed by atoms with Crippen LogP contribution in [-0.4, -0.2) is 39.2 Å². The van der Waals surface area contributed by atoms with Gasteiger partial charge in [0, 0.05) is 57.3 Å². The van der Waals surface area contributed by atoms with Gasteiger partial charge in [-0.05, 0) is 43.4 Å². The van der Waals surface area contributed by atoms with Crippen molar-refractivity contribution in [1.29, 1.82) is 0 Å². The van der Waals surface area contributed by atoms with Crippen LogP contribution >= 0.6 is 0 Å². The second-order valence-corrected chi connectivity index (χ2v) is 7.06. The van der Waals surface area contributed by atoms with Crippen molar-refractivity contribution in [2.45, 2.75) is 38.8 Å². The summed E-state index contributed by atoms with van der Waals surface area (Å²) in [6, 6.07) is 2.34. The number of pyridine rings is 1. The Morgan fingerprint density at radius 3 is 2.84 bits per heavy atom. The van der Waals surface area contributed by atoms with Gasteiger partial charge in [0.1, 0.15) is 0 Å². The zero-order chi connectivity index (χ0) is 18.0. The monoisotopic (exact) mass is 341 g/mol. The van der Waals surface area contributed by atoms with Gasteiger partial charge in [0.2, 0.25) is 5.91 Å². The van der Waals surface area contributed by atoms with Crippen LogP contribution in [0.3, 0.4) is 0 Å². The number of aryl methyl sites for hydroxylation is 2. The van der Waals surface area contributed by atoms with Crippen LogP contribution < -0.4 is 5.32 Å². The molecule has 1 unspecified atom stereocenters. The lowest BCUT2D eigenvalue weighted by Crippen LogP contribution is -2.43. The minimum atomic E-state index is 0.0737. The first-order valence-electron chi connectivity index (χ1n) is 8.85. The van der Waals surface area contributed by atoms with Gasteiger partial charge in [0.25, 0.3) is 0 Å². The molecule has 6 heteroatoms. The fourth-order valence-corrected chi connectivity index (χ4v) is 3.78. The molecule has 1 N–H and O–H groups in total. The number of nitrogens with zero attached hydrogens (tertiary/aromatic N) is 4. The summed E-state index contributed by atoms with van der Waals surface area (Å²) in [7, 11) is 3.81. The first-order valence-corrected chi connectivity index (χ1v) is 8.85. The van der Waals surface area contributed by atoms with E-state index < -0.39 is 0 Å². The Morgan fingerprint density at radius 1 is 1.36 bits per heavy atom. The van der Waals surface area contributed by atoms with E-state index in [1.165, 1.54) is 11.1 Å². The van der Waals surface area contributed by atoms with Gasteiger partial charge in [0.05, 0.1) is 12.2 Å². The molecule has 1 aliphatic rings. The Hall–Kier alpha value is -2.21. The average Bonchev–Trinajstić information content (AvgIpc) is 3.02. The third-order valence-corrected chi connectivity index (χ3v) is 5.28. The third kappa shape index (κ3) is 3.74. The molecule has 6 nitrogen and oxygen atoms in total. The van der Waals surface area contributed by atoms with E-state index in [1.807, 2.05) is 49.8 Å². The van der Waals surface area contributed by atoms with Crippen LogP contribution in [-0.2, 0) is 11.8 Å². The molecule has 0 saturated carbocycles. The van der Waals surface area contributed by atoms with Gasteiger partial charge in [-0.3, -0.25) is 14.5 Å². The number of hydrogen-bond donors (Lipinski definition) is 1. The summed E-state index contributed by atoms with van der Waals surface area (Å²) in [6.07, 6.45) is 9.16. The predicted molar refractivity (Wildman–Crippen MR) is 96.8 cm³/mol. The maximum Gasteiger partial charge on any atom is 0.222 e. The van der Waals surface area contributed by atoms with Crippen LogP contribution in [0.5, 0.6) is 0 Å². The van der Waals surface area contributed by atoms with Gasteiger partial charge in [-0.1, -0.05) is 0 Å². The molecule has 3 rings (SSSR count). The van der Waals surface area contributed by atoms with Crippen molar-refractivity contribution >= 4 is 5.91 Å². The van der Waals surface area contributed by atoms with Crippen molar-refractivity contribution in [3.05, 3.63) is 47.5 Å². The van der Waals surface area contributed by atoms with Gasteiger partial charge in [-0.25, -0.2) is 0 Å². The van der Waals surface area contributed by atoms with Crippen molar-refractivity contribution in [2.75, 3.05) is 13.6 Å². The van der Waals surface area contributed by atoms with E-state index in [2.05, 4.69) is 29.2 Å². The summed E-state index contributed by atoms with van der Waals surface area (Å²) >= 11 is 0. The highest BCUT2D eigenvalue weighted by Gasteiger charge is 2.35. The molecule has 2 aromatic rings. The molecule has 0 aromatic carbocycles. The molecule has 1 saturated heterocycles. The molecule has 0 spiro atoms. The molecule has 2 aromatic heterocycles. The molecular weight excluding hydrogens is 314 g/mol. The summed E-state index contributed by atoms with van der Waals surface area (Å²) < 4.78 is 1.80. The molecule has 0 bridgehead atoms. The normalized spacial score (nSPS) is 22.2. The Bertz CT molecular complexity index is 741. The molecule has 1 aliphatic heterocycles. The highest BCUT2D eigenvalue weighted by atomic mass is 16.2. The summed E-state index contributed by atoms with van der Waals surface area (Å²) in [5.74, 6) is 0.576. The number of aromatic nitrogens is 3. The topological polar surface area (TPSA) is 63.1 Å². The lowest BCUT2D eigenvalue weighted by molar-refractivity contribution is -0.137. The minimum absolute atomic E-state index is 0.0737. The van der Waals surface area contributed by atoms with Crippen molar-refractivity contribution in [1.82, 2.24) is 25.0 Å². The maximum atomic E-state index is 12.2. The molecule has 3 atom stereocenters. The quantitative estimate of drug-likeness (QED) is 0.907. The second kappa shape index (κ2) is 7.35. The Morgan fingerprint density at radius 2 is 2.16 bits per heavy atom. The van der Waals surface area contributed by atoms with Crippen molar-refractivity contribution < 1.29 is 4.79 Å². The largest absolute Gasteiger partial charge is 0.338 e. The highest BCUT2D eigenvalue weighted by Crippen LogP contribution is 2.35. The number of amides is 1.